The lowest BCUT2D eigenvalue weighted by Crippen LogP contribution is -2.39. The molecular formula is C15H21NO4. The quantitative estimate of drug-likeness (QED) is 0.794. The summed E-state index contributed by atoms with van der Waals surface area (Å²) in [6.07, 6.45) is -0.730. The van der Waals surface area contributed by atoms with Crippen molar-refractivity contribution in [2.75, 3.05) is 13.7 Å². The molecule has 0 spiro atoms. The van der Waals surface area contributed by atoms with Gasteiger partial charge in [-0.1, -0.05) is 44.2 Å². The number of hydrogen-bond donors (Lipinski definition) is 2. The first kappa shape index (κ1) is 16.2. The summed E-state index contributed by atoms with van der Waals surface area (Å²) in [5, 5.41) is 11.4. The molecule has 5 heteroatoms. The third kappa shape index (κ3) is 4.66. The molecule has 0 bridgehead atoms. The molecule has 0 saturated carbocycles. The highest BCUT2D eigenvalue weighted by Gasteiger charge is 2.25. The molecule has 1 unspecified atom stereocenters. The number of methoxy groups -OCH3 is 1. The van der Waals surface area contributed by atoms with E-state index in [1.165, 1.54) is 7.11 Å². The molecule has 1 aromatic rings. The van der Waals surface area contributed by atoms with Gasteiger partial charge >= 0.3 is 5.97 Å². The van der Waals surface area contributed by atoms with E-state index in [0.29, 0.717) is 0 Å². The molecule has 0 saturated heterocycles. The maximum absolute atomic E-state index is 11.9. The molecular weight excluding hydrogens is 258 g/mol. The molecule has 20 heavy (non-hydrogen) atoms. The largest absolute Gasteiger partial charge is 0.479 e. The van der Waals surface area contributed by atoms with E-state index in [1.807, 2.05) is 44.2 Å². The standard InChI is InChI=1S/C15H21NO4/c1-15(2,11-7-5-4-6-8-11)9-13(17)16-10-12(20-3)14(18)19/h4-8,12H,9-10H2,1-3H3,(H,16,17)(H,18,19). The number of rotatable bonds is 7. The average Bonchev–Trinajstić information content (AvgIpc) is 2.39. The van der Waals surface area contributed by atoms with Crippen molar-refractivity contribution >= 4 is 11.9 Å². The Morgan fingerprint density at radius 3 is 2.40 bits per heavy atom. The molecule has 0 heterocycles. The Morgan fingerprint density at radius 1 is 1.30 bits per heavy atom. The topological polar surface area (TPSA) is 75.6 Å². The molecule has 2 N–H and O–H groups in total. The third-order valence-corrected chi connectivity index (χ3v) is 3.20. The third-order valence-electron chi connectivity index (χ3n) is 3.20. The van der Waals surface area contributed by atoms with E-state index in [0.717, 1.165) is 5.56 Å². The van der Waals surface area contributed by atoms with Crippen LogP contribution in [0.5, 0.6) is 0 Å². The molecule has 0 aromatic heterocycles. The Hall–Kier alpha value is -1.88. The van der Waals surface area contributed by atoms with E-state index in [9.17, 15) is 9.59 Å². The Bertz CT molecular complexity index is 456. The number of carboxylic acid groups (broad SMARTS) is 1. The second-order valence-electron chi connectivity index (χ2n) is 5.29. The summed E-state index contributed by atoms with van der Waals surface area (Å²) in [7, 11) is 1.30. The molecule has 5 nitrogen and oxygen atoms in total. The number of carbonyl (C=O) groups is 2. The molecule has 1 rings (SSSR count). The lowest BCUT2D eigenvalue weighted by molar-refractivity contribution is -0.148. The van der Waals surface area contributed by atoms with Gasteiger partial charge in [0.2, 0.25) is 5.91 Å². The lowest BCUT2D eigenvalue weighted by Gasteiger charge is -2.25. The van der Waals surface area contributed by atoms with Crippen LogP contribution in [0.3, 0.4) is 0 Å². The van der Waals surface area contributed by atoms with E-state index in [4.69, 9.17) is 9.84 Å². The highest BCUT2D eigenvalue weighted by atomic mass is 16.5. The van der Waals surface area contributed by atoms with Crippen molar-refractivity contribution in [3.63, 3.8) is 0 Å². The van der Waals surface area contributed by atoms with Gasteiger partial charge in [-0.3, -0.25) is 4.79 Å². The van der Waals surface area contributed by atoms with Gasteiger partial charge in [0.25, 0.3) is 0 Å². The second kappa shape index (κ2) is 7.05. The molecule has 1 amide bonds. The van der Waals surface area contributed by atoms with Crippen LogP contribution in [0.1, 0.15) is 25.8 Å². The number of ether oxygens (including phenoxy) is 1. The molecule has 0 radical (unpaired) electrons. The van der Waals surface area contributed by atoms with Crippen LogP contribution in [0, 0.1) is 0 Å². The summed E-state index contributed by atoms with van der Waals surface area (Å²) in [6, 6.07) is 9.74. The van der Waals surface area contributed by atoms with Crippen LogP contribution in [0.4, 0.5) is 0 Å². The number of amides is 1. The average molecular weight is 279 g/mol. The minimum Gasteiger partial charge on any atom is -0.479 e. The number of hydrogen-bond acceptors (Lipinski definition) is 3. The Balaban J connectivity index is 2.56. The minimum atomic E-state index is -1.09. The smallest absolute Gasteiger partial charge is 0.334 e. The fraction of sp³-hybridized carbons (Fsp3) is 0.467. The summed E-state index contributed by atoms with van der Waals surface area (Å²) in [6.45, 7) is 3.93. The molecule has 1 atom stereocenters. The fourth-order valence-corrected chi connectivity index (χ4v) is 1.93. The van der Waals surface area contributed by atoms with Crippen LogP contribution in [0.15, 0.2) is 30.3 Å². The van der Waals surface area contributed by atoms with Crippen molar-refractivity contribution < 1.29 is 19.4 Å². The molecule has 1 aromatic carbocycles. The van der Waals surface area contributed by atoms with Gasteiger partial charge in [0.05, 0.1) is 6.54 Å². The van der Waals surface area contributed by atoms with Crippen molar-refractivity contribution in [1.82, 2.24) is 5.32 Å². The van der Waals surface area contributed by atoms with E-state index < -0.39 is 12.1 Å². The van der Waals surface area contributed by atoms with Gasteiger partial charge in [0, 0.05) is 13.5 Å². The SMILES string of the molecule is COC(CNC(=O)CC(C)(C)c1ccccc1)C(=O)O. The number of carbonyl (C=O) groups excluding carboxylic acids is 1. The van der Waals surface area contributed by atoms with E-state index in [2.05, 4.69) is 5.32 Å². The summed E-state index contributed by atoms with van der Waals surface area (Å²) in [5.74, 6) is -1.28. The zero-order chi connectivity index (χ0) is 15.2. The van der Waals surface area contributed by atoms with Gasteiger partial charge in [-0.2, -0.15) is 0 Å². The minimum absolute atomic E-state index is 0.0322. The summed E-state index contributed by atoms with van der Waals surface area (Å²) in [5.41, 5.74) is 0.758. The van der Waals surface area contributed by atoms with Crippen LogP contribution in [-0.2, 0) is 19.7 Å². The number of carboxylic acids is 1. The highest BCUT2D eigenvalue weighted by Crippen LogP contribution is 2.26. The summed E-state index contributed by atoms with van der Waals surface area (Å²) < 4.78 is 4.76. The first-order valence-corrected chi connectivity index (χ1v) is 6.44. The number of benzene rings is 1. The molecule has 0 fully saturated rings. The van der Waals surface area contributed by atoms with Crippen LogP contribution in [-0.4, -0.2) is 36.7 Å². The van der Waals surface area contributed by atoms with Crippen molar-refractivity contribution in [2.45, 2.75) is 31.8 Å². The van der Waals surface area contributed by atoms with Crippen molar-refractivity contribution in [2.24, 2.45) is 0 Å². The second-order valence-corrected chi connectivity index (χ2v) is 5.29. The molecule has 110 valence electrons. The van der Waals surface area contributed by atoms with Gasteiger partial charge in [0.1, 0.15) is 0 Å². The van der Waals surface area contributed by atoms with Crippen LogP contribution >= 0.6 is 0 Å². The van der Waals surface area contributed by atoms with Gasteiger partial charge in [0.15, 0.2) is 6.10 Å². The fourth-order valence-electron chi connectivity index (χ4n) is 1.93. The van der Waals surface area contributed by atoms with Crippen LogP contribution in [0.2, 0.25) is 0 Å². The summed E-state index contributed by atoms with van der Waals surface area (Å²) in [4.78, 5) is 22.7. The number of aliphatic carboxylic acids is 1. The van der Waals surface area contributed by atoms with Gasteiger partial charge < -0.3 is 15.2 Å². The van der Waals surface area contributed by atoms with E-state index >= 15 is 0 Å². The maximum Gasteiger partial charge on any atom is 0.334 e. The first-order chi connectivity index (χ1) is 9.36. The molecule has 0 aliphatic heterocycles. The Labute approximate surface area is 118 Å². The van der Waals surface area contributed by atoms with E-state index in [1.54, 1.807) is 0 Å². The van der Waals surface area contributed by atoms with Gasteiger partial charge in [-0.25, -0.2) is 4.79 Å². The van der Waals surface area contributed by atoms with Crippen molar-refractivity contribution in [1.29, 1.82) is 0 Å². The molecule has 0 aliphatic rings. The predicted octanol–water partition coefficient (Wildman–Crippen LogP) is 1.57. The predicted molar refractivity (Wildman–Crippen MR) is 75.5 cm³/mol. The van der Waals surface area contributed by atoms with Crippen LogP contribution in [0.25, 0.3) is 0 Å². The van der Waals surface area contributed by atoms with Crippen molar-refractivity contribution in [3.8, 4) is 0 Å². The zero-order valence-corrected chi connectivity index (χ0v) is 12.1. The monoisotopic (exact) mass is 279 g/mol. The number of nitrogens with one attached hydrogen (secondary N) is 1. The van der Waals surface area contributed by atoms with Crippen molar-refractivity contribution in [3.05, 3.63) is 35.9 Å². The maximum atomic E-state index is 11.9. The zero-order valence-electron chi connectivity index (χ0n) is 12.1. The molecule has 0 aliphatic carbocycles. The Kier molecular flexibility index (Phi) is 5.70. The first-order valence-electron chi connectivity index (χ1n) is 6.44. The summed E-state index contributed by atoms with van der Waals surface area (Å²) >= 11 is 0. The van der Waals surface area contributed by atoms with Gasteiger partial charge in [-0.15, -0.1) is 0 Å². The lowest BCUT2D eigenvalue weighted by atomic mass is 9.81. The Morgan fingerprint density at radius 2 is 1.90 bits per heavy atom. The van der Waals surface area contributed by atoms with E-state index in [-0.39, 0.29) is 24.3 Å². The highest BCUT2D eigenvalue weighted by molar-refractivity contribution is 5.79. The van der Waals surface area contributed by atoms with Crippen LogP contribution < -0.4 is 5.32 Å². The normalized spacial score (nSPS) is 12.8. The van der Waals surface area contributed by atoms with Gasteiger partial charge in [-0.05, 0) is 11.0 Å².